The number of pyridine rings is 1. The van der Waals surface area contributed by atoms with Crippen LogP contribution in [0.25, 0.3) is 67.0 Å². The van der Waals surface area contributed by atoms with E-state index >= 15 is 0 Å². The number of benzene rings is 6. The Labute approximate surface area is 341 Å². The normalized spacial score (nSPS) is 11.3. The summed E-state index contributed by atoms with van der Waals surface area (Å²) in [5, 5.41) is 7.69. The molecule has 56 heavy (non-hydrogen) atoms. The molecule has 3 aromatic heterocycles. The van der Waals surface area contributed by atoms with E-state index in [0.29, 0.717) is 11.5 Å². The molecule has 0 amide bonds. The molecule has 276 valence electrons. The smallest absolute Gasteiger partial charge is 0.509 e. The molecule has 0 saturated carbocycles. The van der Waals surface area contributed by atoms with Crippen LogP contribution >= 0.6 is 0 Å². The third-order valence-corrected chi connectivity index (χ3v) is 10.4. The number of para-hydroxylation sites is 1. The number of aromatic nitrogens is 4. The second kappa shape index (κ2) is 15.2. The van der Waals surface area contributed by atoms with E-state index in [2.05, 4.69) is 177 Å². The van der Waals surface area contributed by atoms with Crippen molar-refractivity contribution in [3.05, 3.63) is 180 Å². The van der Waals surface area contributed by atoms with E-state index in [9.17, 15) is 0 Å². The van der Waals surface area contributed by atoms with Crippen LogP contribution < -0.4 is 4.74 Å². The summed E-state index contributed by atoms with van der Waals surface area (Å²) in [6, 6.07) is 55.7. The van der Waals surface area contributed by atoms with Gasteiger partial charge < -0.3 is 9.30 Å². The van der Waals surface area contributed by atoms with E-state index in [0.717, 1.165) is 72.5 Å². The van der Waals surface area contributed by atoms with Crippen LogP contribution in [-0.2, 0) is 20.4 Å². The predicted octanol–water partition coefficient (Wildman–Crippen LogP) is 12.8. The van der Waals surface area contributed by atoms with Gasteiger partial charge in [0.1, 0.15) is 11.5 Å². The fourth-order valence-electron chi connectivity index (χ4n) is 7.68. The second-order valence-corrected chi connectivity index (χ2v) is 14.5. The third-order valence-electron chi connectivity index (χ3n) is 10.4. The van der Waals surface area contributed by atoms with Crippen molar-refractivity contribution in [2.75, 3.05) is 0 Å². The van der Waals surface area contributed by atoms with Crippen LogP contribution in [0, 0.1) is 32.9 Å². The van der Waals surface area contributed by atoms with Gasteiger partial charge in [0.15, 0.2) is 0 Å². The minimum atomic E-state index is 0. The van der Waals surface area contributed by atoms with Gasteiger partial charge in [-0.3, -0.25) is 4.68 Å². The van der Waals surface area contributed by atoms with Crippen LogP contribution in [0.4, 0.5) is 0 Å². The molecular formula is C50H40N4OPd. The maximum absolute atomic E-state index is 6.75. The molecule has 9 aromatic rings. The van der Waals surface area contributed by atoms with Crippen molar-refractivity contribution in [1.82, 2.24) is 19.3 Å². The first kappa shape index (κ1) is 36.9. The van der Waals surface area contributed by atoms with Crippen LogP contribution in [0.1, 0.15) is 42.0 Å². The Morgan fingerprint density at radius 2 is 1.32 bits per heavy atom. The number of nitrogens with zero attached hydrogens (tertiary/aromatic N) is 4. The van der Waals surface area contributed by atoms with E-state index in [1.54, 1.807) is 0 Å². The molecule has 0 fully saturated rings. The summed E-state index contributed by atoms with van der Waals surface area (Å²) in [5.41, 5.74) is 13.7. The molecule has 0 N–H and O–H groups in total. The first-order valence-electron chi connectivity index (χ1n) is 18.8. The zero-order chi connectivity index (χ0) is 37.6. The number of rotatable bonds is 8. The molecule has 6 aromatic carbocycles. The maximum Gasteiger partial charge on any atom is 2.00 e. The average molecular weight is 819 g/mol. The summed E-state index contributed by atoms with van der Waals surface area (Å²) >= 11 is 0. The zero-order valence-electron chi connectivity index (χ0n) is 31.9. The second-order valence-electron chi connectivity index (χ2n) is 14.5. The SMILES string of the molecule is Cc1ccnc(-n2c3[c-]c(Oc4[c-]c(-n5nc(-c6ccccc6)c(-c6c(C)cccc6C)c5-c5ccccc5)cc(C(C)C)c4)ccc3c3ccccc32)c1.[Pd+2]. The van der Waals surface area contributed by atoms with Crippen LogP contribution in [0.5, 0.6) is 11.5 Å². The van der Waals surface area contributed by atoms with Gasteiger partial charge in [-0.15, -0.1) is 41.3 Å². The molecule has 0 aliphatic carbocycles. The molecule has 0 unspecified atom stereocenters. The Kier molecular flexibility index (Phi) is 10.0. The Morgan fingerprint density at radius 3 is 2.04 bits per heavy atom. The van der Waals surface area contributed by atoms with Gasteiger partial charge in [-0.05, 0) is 78.2 Å². The van der Waals surface area contributed by atoms with Crippen LogP contribution in [-0.4, -0.2) is 19.3 Å². The molecule has 0 radical (unpaired) electrons. The Bertz CT molecular complexity index is 2830. The maximum atomic E-state index is 6.75. The van der Waals surface area contributed by atoms with Gasteiger partial charge in [0.05, 0.1) is 5.69 Å². The van der Waals surface area contributed by atoms with E-state index in [1.165, 1.54) is 16.7 Å². The molecule has 0 atom stereocenters. The largest absolute Gasteiger partial charge is 2.00 e. The molecule has 0 bridgehead atoms. The standard InChI is InChI=1S/C50H40N4O.Pd/c1-32(2)38-28-39(30-41(29-38)55-40-23-24-43-42-21-12-13-22-44(42)53(45(43)31-40)46-27-33(3)25-26-51-46)54-50(37-19-10-7-11-20-37)48(47-34(4)15-14-16-35(47)5)49(52-54)36-17-8-6-9-18-36;/h6-29,32H,1-5H3;/q-2;+2. The first-order chi connectivity index (χ1) is 26.8. The zero-order valence-corrected chi connectivity index (χ0v) is 33.5. The summed E-state index contributed by atoms with van der Waals surface area (Å²) in [7, 11) is 0. The predicted molar refractivity (Wildman–Crippen MR) is 224 cm³/mol. The molecule has 5 nitrogen and oxygen atoms in total. The van der Waals surface area contributed by atoms with Crippen molar-refractivity contribution in [2.45, 2.75) is 40.5 Å². The van der Waals surface area contributed by atoms with Gasteiger partial charge >= 0.3 is 20.4 Å². The number of ether oxygens (including phenoxy) is 1. The van der Waals surface area contributed by atoms with Gasteiger partial charge in [-0.1, -0.05) is 116 Å². The minimum Gasteiger partial charge on any atom is -0.509 e. The summed E-state index contributed by atoms with van der Waals surface area (Å²) in [4.78, 5) is 4.76. The summed E-state index contributed by atoms with van der Waals surface area (Å²) in [6.07, 6.45) is 1.85. The van der Waals surface area contributed by atoms with E-state index in [4.69, 9.17) is 14.8 Å². The molecular weight excluding hydrogens is 779 g/mol. The van der Waals surface area contributed by atoms with Crippen molar-refractivity contribution >= 4 is 21.8 Å². The van der Waals surface area contributed by atoms with Crippen molar-refractivity contribution in [3.8, 4) is 56.6 Å². The van der Waals surface area contributed by atoms with E-state index in [-0.39, 0.29) is 26.3 Å². The molecule has 0 saturated heterocycles. The molecule has 9 rings (SSSR count). The fraction of sp³-hybridized carbons (Fsp3) is 0.120. The molecule has 0 aliphatic heterocycles. The van der Waals surface area contributed by atoms with Crippen LogP contribution in [0.2, 0.25) is 0 Å². The number of aryl methyl sites for hydroxylation is 3. The van der Waals surface area contributed by atoms with Gasteiger partial charge in [0.25, 0.3) is 0 Å². The molecule has 3 heterocycles. The average Bonchev–Trinajstić information content (AvgIpc) is 3.75. The topological polar surface area (TPSA) is 44.9 Å². The Morgan fingerprint density at radius 1 is 0.625 bits per heavy atom. The third kappa shape index (κ3) is 6.66. The van der Waals surface area contributed by atoms with Crippen molar-refractivity contribution in [2.24, 2.45) is 0 Å². The minimum absolute atomic E-state index is 0. The fourth-order valence-corrected chi connectivity index (χ4v) is 7.68. The van der Waals surface area contributed by atoms with Crippen LogP contribution in [0.3, 0.4) is 0 Å². The van der Waals surface area contributed by atoms with E-state index < -0.39 is 0 Å². The number of fused-ring (bicyclic) bond motifs is 3. The first-order valence-corrected chi connectivity index (χ1v) is 18.8. The van der Waals surface area contributed by atoms with Gasteiger partial charge in [0.2, 0.25) is 0 Å². The quantitative estimate of drug-likeness (QED) is 0.113. The van der Waals surface area contributed by atoms with E-state index in [1.807, 2.05) is 24.4 Å². The van der Waals surface area contributed by atoms with Gasteiger partial charge in [-0.25, -0.2) is 4.98 Å². The van der Waals surface area contributed by atoms with Crippen molar-refractivity contribution in [3.63, 3.8) is 0 Å². The summed E-state index contributed by atoms with van der Waals surface area (Å²) in [5.74, 6) is 2.26. The molecule has 0 aliphatic rings. The monoisotopic (exact) mass is 818 g/mol. The van der Waals surface area contributed by atoms with Crippen LogP contribution in [0.15, 0.2) is 146 Å². The molecule has 6 heteroatoms. The number of hydrogen-bond donors (Lipinski definition) is 0. The Hall–Kier alpha value is -6.06. The summed E-state index contributed by atoms with van der Waals surface area (Å²) in [6.45, 7) is 10.9. The van der Waals surface area contributed by atoms with Gasteiger partial charge in [-0.2, -0.15) is 11.2 Å². The van der Waals surface area contributed by atoms with Crippen molar-refractivity contribution in [1.29, 1.82) is 0 Å². The number of hydrogen-bond acceptors (Lipinski definition) is 3. The van der Waals surface area contributed by atoms with Gasteiger partial charge in [0, 0.05) is 39.9 Å². The van der Waals surface area contributed by atoms with Crippen molar-refractivity contribution < 1.29 is 25.2 Å². The summed E-state index contributed by atoms with van der Waals surface area (Å²) < 4.78 is 11.0. The molecule has 0 spiro atoms. The Balaban J connectivity index is 0.00000441.